The highest BCUT2D eigenvalue weighted by atomic mass is 79.9. The van der Waals surface area contributed by atoms with Crippen LogP contribution in [0.3, 0.4) is 0 Å². The predicted molar refractivity (Wildman–Crippen MR) is 157 cm³/mol. The Kier molecular flexibility index (Phi) is 6.45. The number of nitrogens with zero attached hydrogens (tertiary/aromatic N) is 7. The summed E-state index contributed by atoms with van der Waals surface area (Å²) < 4.78 is 6.35. The fourth-order valence-electron chi connectivity index (χ4n) is 5.51. The Bertz CT molecular complexity index is 1870. The molecule has 5 aromatic rings. The molecule has 0 unspecified atom stereocenters. The molecule has 40 heavy (non-hydrogen) atoms. The minimum atomic E-state index is -0.172. The summed E-state index contributed by atoms with van der Waals surface area (Å²) >= 11 is 3.51. The minimum absolute atomic E-state index is 0.0793. The topological polar surface area (TPSA) is 90.8 Å². The first kappa shape index (κ1) is 26.2. The van der Waals surface area contributed by atoms with Gasteiger partial charge in [0.25, 0.3) is 11.5 Å². The number of aryl methyl sites for hydroxylation is 4. The van der Waals surface area contributed by atoms with Gasteiger partial charge in [-0.15, -0.1) is 0 Å². The van der Waals surface area contributed by atoms with Crippen molar-refractivity contribution < 1.29 is 4.79 Å². The second-order valence-corrected chi connectivity index (χ2v) is 11.3. The smallest absolute Gasteiger partial charge is 0.263 e. The standard InChI is InChI=1S/C30H30BrN7O2/c1-6-35-16-32-25-14-22(8-10-27(25)35)37-29(40)23-13-19(4)36(28(39)21-7-9-24(31)17(2)11-21)15-26(23)33-30(37)38-20(5)12-18(3)34-38/h7-12,14,16,19H,6,13,15H2,1-5H3/t19-/m1/s1. The van der Waals surface area contributed by atoms with E-state index >= 15 is 0 Å². The lowest BCUT2D eigenvalue weighted by Gasteiger charge is -2.34. The molecule has 4 heterocycles. The maximum atomic E-state index is 14.2. The van der Waals surface area contributed by atoms with Crippen molar-refractivity contribution in [2.24, 2.45) is 0 Å². The van der Waals surface area contributed by atoms with Crippen LogP contribution in [0.2, 0.25) is 0 Å². The summed E-state index contributed by atoms with van der Waals surface area (Å²) in [5, 5.41) is 4.66. The number of carbonyl (C=O) groups excluding carboxylic acids is 1. The molecule has 0 N–H and O–H groups in total. The molecule has 3 aromatic heterocycles. The van der Waals surface area contributed by atoms with Gasteiger partial charge in [0.2, 0.25) is 5.95 Å². The SMILES string of the molecule is CCn1cnc2cc(-n3c(-n4nc(C)cc4C)nc4c(c3=O)C[C@@H](C)N(C(=O)c3ccc(Br)c(C)c3)C4)ccc21. The lowest BCUT2D eigenvalue weighted by Crippen LogP contribution is -2.46. The molecule has 1 aliphatic heterocycles. The van der Waals surface area contributed by atoms with Gasteiger partial charge in [-0.25, -0.2) is 19.2 Å². The molecule has 0 spiro atoms. The zero-order valence-electron chi connectivity index (χ0n) is 23.1. The zero-order valence-corrected chi connectivity index (χ0v) is 24.7. The van der Waals surface area contributed by atoms with E-state index in [0.29, 0.717) is 34.9 Å². The van der Waals surface area contributed by atoms with Crippen LogP contribution in [0.25, 0.3) is 22.7 Å². The Morgan fingerprint density at radius 1 is 1.10 bits per heavy atom. The third-order valence-corrected chi connectivity index (χ3v) is 8.55. The van der Waals surface area contributed by atoms with Crippen molar-refractivity contribution in [3.63, 3.8) is 0 Å². The molecule has 1 aliphatic rings. The number of hydrogen-bond acceptors (Lipinski definition) is 5. The van der Waals surface area contributed by atoms with E-state index in [4.69, 9.17) is 4.98 Å². The van der Waals surface area contributed by atoms with Crippen LogP contribution in [0.5, 0.6) is 0 Å². The lowest BCUT2D eigenvalue weighted by molar-refractivity contribution is 0.0652. The van der Waals surface area contributed by atoms with Gasteiger partial charge in [-0.1, -0.05) is 15.9 Å². The number of carbonyl (C=O) groups is 1. The molecule has 10 heteroatoms. The summed E-state index contributed by atoms with van der Waals surface area (Å²) in [7, 11) is 0. The third kappa shape index (κ3) is 4.27. The van der Waals surface area contributed by atoms with E-state index < -0.39 is 0 Å². The summed E-state index contributed by atoms with van der Waals surface area (Å²) in [6.07, 6.45) is 2.22. The molecule has 0 saturated carbocycles. The summed E-state index contributed by atoms with van der Waals surface area (Å²) in [6, 6.07) is 13.2. The number of hydrogen-bond donors (Lipinski definition) is 0. The van der Waals surface area contributed by atoms with Crippen molar-refractivity contribution in [3.8, 4) is 11.6 Å². The van der Waals surface area contributed by atoms with Gasteiger partial charge in [-0.05, 0) is 89.1 Å². The fourth-order valence-corrected chi connectivity index (χ4v) is 5.76. The van der Waals surface area contributed by atoms with Crippen molar-refractivity contribution in [2.75, 3.05) is 0 Å². The number of rotatable bonds is 4. The maximum Gasteiger partial charge on any atom is 0.263 e. The van der Waals surface area contributed by atoms with Gasteiger partial charge >= 0.3 is 0 Å². The molecular formula is C30H30BrN7O2. The van der Waals surface area contributed by atoms with E-state index in [2.05, 4.69) is 37.5 Å². The second kappa shape index (κ2) is 9.85. The van der Waals surface area contributed by atoms with Gasteiger partial charge in [0.15, 0.2) is 0 Å². The van der Waals surface area contributed by atoms with Crippen LogP contribution < -0.4 is 5.56 Å². The van der Waals surface area contributed by atoms with E-state index in [-0.39, 0.29) is 24.1 Å². The number of benzene rings is 2. The van der Waals surface area contributed by atoms with Gasteiger partial charge in [0.1, 0.15) is 0 Å². The van der Waals surface area contributed by atoms with Gasteiger partial charge in [0, 0.05) is 33.9 Å². The van der Waals surface area contributed by atoms with E-state index in [1.807, 2.05) is 76.5 Å². The molecule has 0 aliphatic carbocycles. The normalized spacial score (nSPS) is 15.1. The summed E-state index contributed by atoms with van der Waals surface area (Å²) in [5.41, 5.74) is 6.83. The van der Waals surface area contributed by atoms with E-state index in [1.165, 1.54) is 0 Å². The number of amides is 1. The van der Waals surface area contributed by atoms with Crippen LogP contribution in [0.15, 0.2) is 58.1 Å². The van der Waals surface area contributed by atoms with Gasteiger partial charge in [-0.2, -0.15) is 5.10 Å². The molecule has 0 bridgehead atoms. The maximum absolute atomic E-state index is 14.2. The van der Waals surface area contributed by atoms with Crippen LogP contribution in [0, 0.1) is 20.8 Å². The molecule has 2 aromatic carbocycles. The van der Waals surface area contributed by atoms with Gasteiger partial charge in [-0.3, -0.25) is 9.59 Å². The molecule has 0 saturated heterocycles. The Balaban J connectivity index is 1.51. The van der Waals surface area contributed by atoms with Crippen LogP contribution in [0.1, 0.15) is 52.4 Å². The molecule has 6 rings (SSSR count). The minimum Gasteiger partial charge on any atom is -0.331 e. The van der Waals surface area contributed by atoms with Crippen LogP contribution >= 0.6 is 15.9 Å². The number of aromatic nitrogens is 6. The number of imidazole rings is 1. The zero-order chi connectivity index (χ0) is 28.3. The first-order valence-corrected chi connectivity index (χ1v) is 14.2. The molecule has 9 nitrogen and oxygen atoms in total. The third-order valence-electron chi connectivity index (χ3n) is 7.66. The highest BCUT2D eigenvalue weighted by molar-refractivity contribution is 9.10. The average molecular weight is 601 g/mol. The lowest BCUT2D eigenvalue weighted by atomic mass is 9.98. The molecule has 204 valence electrons. The van der Waals surface area contributed by atoms with Crippen molar-refractivity contribution >= 4 is 32.9 Å². The Hall–Kier alpha value is -4.05. The Morgan fingerprint density at radius 2 is 1.90 bits per heavy atom. The molecule has 1 amide bonds. The number of fused-ring (bicyclic) bond motifs is 2. The highest BCUT2D eigenvalue weighted by Crippen LogP contribution is 2.27. The first-order chi connectivity index (χ1) is 19.2. The van der Waals surface area contributed by atoms with E-state index in [1.54, 1.807) is 14.1 Å². The van der Waals surface area contributed by atoms with E-state index in [9.17, 15) is 9.59 Å². The Morgan fingerprint density at radius 3 is 2.60 bits per heavy atom. The monoisotopic (exact) mass is 599 g/mol. The van der Waals surface area contributed by atoms with Crippen molar-refractivity contribution in [3.05, 3.63) is 97.4 Å². The fraction of sp³-hybridized carbons (Fsp3) is 0.300. The summed E-state index contributed by atoms with van der Waals surface area (Å²) in [6.45, 7) is 10.9. The van der Waals surface area contributed by atoms with Crippen molar-refractivity contribution in [2.45, 2.75) is 60.2 Å². The number of halogens is 1. The largest absolute Gasteiger partial charge is 0.331 e. The average Bonchev–Trinajstić information content (AvgIpc) is 3.50. The van der Waals surface area contributed by atoms with Crippen LogP contribution in [-0.4, -0.2) is 45.7 Å². The first-order valence-electron chi connectivity index (χ1n) is 13.4. The molecule has 0 radical (unpaired) electrons. The van der Waals surface area contributed by atoms with Crippen molar-refractivity contribution in [1.29, 1.82) is 0 Å². The Labute approximate surface area is 240 Å². The quantitative estimate of drug-likeness (QED) is 0.288. The second-order valence-electron chi connectivity index (χ2n) is 10.5. The van der Waals surface area contributed by atoms with E-state index in [0.717, 1.165) is 39.0 Å². The van der Waals surface area contributed by atoms with Gasteiger partial charge in [0.05, 0.1) is 41.0 Å². The van der Waals surface area contributed by atoms with Gasteiger partial charge < -0.3 is 9.47 Å². The molecule has 1 atom stereocenters. The molecule has 0 fully saturated rings. The summed E-state index contributed by atoms with van der Waals surface area (Å²) in [5.74, 6) is 0.314. The highest BCUT2D eigenvalue weighted by Gasteiger charge is 2.32. The predicted octanol–water partition coefficient (Wildman–Crippen LogP) is 5.06. The van der Waals surface area contributed by atoms with Crippen molar-refractivity contribution in [1.82, 2.24) is 33.8 Å². The summed E-state index contributed by atoms with van der Waals surface area (Å²) in [4.78, 5) is 39.2. The van der Waals surface area contributed by atoms with Crippen LogP contribution in [0.4, 0.5) is 0 Å². The molecular weight excluding hydrogens is 570 g/mol. The van der Waals surface area contributed by atoms with Crippen LogP contribution in [-0.2, 0) is 19.5 Å².